The molecular formula is C22H21F5N2O3. The van der Waals surface area contributed by atoms with Crippen molar-refractivity contribution >= 4 is 5.91 Å². The van der Waals surface area contributed by atoms with Crippen molar-refractivity contribution in [2.45, 2.75) is 32.1 Å². The Morgan fingerprint density at radius 1 is 1.22 bits per heavy atom. The number of carbonyl (C=O) groups is 1. The number of phenolic OH excluding ortho intramolecular Hbond substituents is 1. The number of hydrogen-bond acceptors (Lipinski definition) is 4. The van der Waals surface area contributed by atoms with E-state index in [0.29, 0.717) is 32.1 Å². The molecule has 32 heavy (non-hydrogen) atoms. The fourth-order valence-corrected chi connectivity index (χ4v) is 4.30. The predicted octanol–water partition coefficient (Wildman–Crippen LogP) is 4.17. The van der Waals surface area contributed by atoms with E-state index in [1.807, 2.05) is 4.90 Å². The van der Waals surface area contributed by atoms with Crippen LogP contribution in [0.25, 0.3) is 11.1 Å². The van der Waals surface area contributed by atoms with E-state index in [9.17, 15) is 27.5 Å². The Bertz CT molecular complexity index is 1060. The van der Waals surface area contributed by atoms with Crippen LogP contribution in [0.15, 0.2) is 24.3 Å². The van der Waals surface area contributed by atoms with E-state index in [4.69, 9.17) is 4.74 Å². The van der Waals surface area contributed by atoms with Crippen LogP contribution in [0.1, 0.15) is 24.5 Å². The highest BCUT2D eigenvalue weighted by Gasteiger charge is 2.39. The first-order valence-electron chi connectivity index (χ1n) is 10.2. The lowest BCUT2D eigenvalue weighted by Gasteiger charge is -2.39. The van der Waals surface area contributed by atoms with Crippen molar-refractivity contribution in [2.75, 3.05) is 26.2 Å². The first-order valence-corrected chi connectivity index (χ1v) is 10.2. The predicted molar refractivity (Wildman–Crippen MR) is 105 cm³/mol. The molecule has 4 rings (SSSR count). The zero-order valence-electron chi connectivity index (χ0n) is 17.2. The minimum absolute atomic E-state index is 0.0185. The minimum atomic E-state index is -4.93. The largest absolute Gasteiger partial charge is 0.507 e. The van der Waals surface area contributed by atoms with E-state index < -0.39 is 40.3 Å². The maximum absolute atomic E-state index is 15.4. The van der Waals surface area contributed by atoms with Crippen molar-refractivity contribution in [3.05, 3.63) is 47.0 Å². The van der Waals surface area contributed by atoms with Gasteiger partial charge in [-0.15, -0.1) is 0 Å². The molecular weight excluding hydrogens is 435 g/mol. The zero-order valence-corrected chi connectivity index (χ0v) is 17.2. The third-order valence-corrected chi connectivity index (χ3v) is 5.90. The van der Waals surface area contributed by atoms with E-state index in [-0.39, 0.29) is 36.4 Å². The number of aromatic hydroxyl groups is 1. The van der Waals surface area contributed by atoms with Gasteiger partial charge in [0.1, 0.15) is 18.2 Å². The molecule has 2 aromatic carbocycles. The van der Waals surface area contributed by atoms with Crippen molar-refractivity contribution in [1.82, 2.24) is 9.80 Å². The summed E-state index contributed by atoms with van der Waals surface area (Å²) < 4.78 is 76.5. The smallest absolute Gasteiger partial charge is 0.417 e. The quantitative estimate of drug-likeness (QED) is 0.690. The van der Waals surface area contributed by atoms with Crippen LogP contribution in [0.2, 0.25) is 0 Å². The number of benzene rings is 2. The van der Waals surface area contributed by atoms with Crippen LogP contribution in [0, 0.1) is 11.6 Å². The zero-order chi connectivity index (χ0) is 23.2. The molecule has 1 N–H and O–H groups in total. The molecule has 2 aliphatic heterocycles. The Morgan fingerprint density at radius 2 is 1.97 bits per heavy atom. The Hall–Kier alpha value is -2.88. The number of amides is 1. The summed E-state index contributed by atoms with van der Waals surface area (Å²) in [7, 11) is 0. The van der Waals surface area contributed by atoms with E-state index in [0.717, 1.165) is 18.2 Å². The van der Waals surface area contributed by atoms with Gasteiger partial charge in [-0.05, 0) is 18.2 Å². The molecule has 0 aromatic heterocycles. The molecule has 172 valence electrons. The van der Waals surface area contributed by atoms with Gasteiger partial charge in [-0.25, -0.2) is 8.78 Å². The van der Waals surface area contributed by atoms with Crippen molar-refractivity contribution in [3.63, 3.8) is 0 Å². The summed E-state index contributed by atoms with van der Waals surface area (Å²) in [5, 5.41) is 10.1. The third kappa shape index (κ3) is 3.87. The van der Waals surface area contributed by atoms with Gasteiger partial charge in [-0.3, -0.25) is 9.69 Å². The maximum Gasteiger partial charge on any atom is 0.417 e. The number of carbonyl (C=O) groups excluding carboxylic acids is 1. The summed E-state index contributed by atoms with van der Waals surface area (Å²) in [5.74, 6) is -3.79. The molecule has 2 heterocycles. The van der Waals surface area contributed by atoms with Crippen LogP contribution in [0.3, 0.4) is 0 Å². The van der Waals surface area contributed by atoms with Crippen molar-refractivity contribution in [2.24, 2.45) is 0 Å². The summed E-state index contributed by atoms with van der Waals surface area (Å²) in [6, 6.07) is 3.23. The van der Waals surface area contributed by atoms with Gasteiger partial charge in [0.2, 0.25) is 5.91 Å². The standard InChI is InChI=1S/C22H21F5N2O3/c1-2-17(31)29-7-6-28-9-12-8-15(23)19(20(24)21(12)32-11-13(28)10-29)18-14(22(25,26)27)4-3-5-16(18)30/h3-5,8,13,30H,2,6-7,9-11H2,1H3/t13-/m1/s1. The molecule has 2 aromatic rings. The van der Waals surface area contributed by atoms with Gasteiger partial charge in [-0.1, -0.05) is 13.0 Å². The minimum Gasteiger partial charge on any atom is -0.507 e. The van der Waals surface area contributed by atoms with Gasteiger partial charge in [-0.2, -0.15) is 13.2 Å². The molecule has 0 radical (unpaired) electrons. The second-order valence-electron chi connectivity index (χ2n) is 7.86. The number of fused-ring (bicyclic) bond motifs is 2. The Kier molecular flexibility index (Phi) is 5.74. The van der Waals surface area contributed by atoms with Crippen molar-refractivity contribution < 1.29 is 36.6 Å². The molecule has 10 heteroatoms. The molecule has 0 saturated carbocycles. The lowest BCUT2D eigenvalue weighted by Crippen LogP contribution is -2.55. The van der Waals surface area contributed by atoms with E-state index in [1.54, 1.807) is 11.8 Å². The number of hydrogen-bond donors (Lipinski definition) is 1. The molecule has 0 bridgehead atoms. The van der Waals surface area contributed by atoms with Gasteiger partial charge in [0.15, 0.2) is 11.6 Å². The molecule has 1 fully saturated rings. The summed E-state index contributed by atoms with van der Waals surface area (Å²) >= 11 is 0. The van der Waals surface area contributed by atoms with E-state index in [1.165, 1.54) is 0 Å². The number of halogens is 5. The summed E-state index contributed by atoms with van der Waals surface area (Å²) in [5.41, 5.74) is -3.15. The van der Waals surface area contributed by atoms with Gasteiger partial charge < -0.3 is 14.7 Å². The second kappa shape index (κ2) is 8.23. The van der Waals surface area contributed by atoms with Crippen LogP contribution in [0.5, 0.6) is 11.5 Å². The van der Waals surface area contributed by atoms with Gasteiger partial charge >= 0.3 is 6.18 Å². The number of phenols is 1. The highest BCUT2D eigenvalue weighted by Crippen LogP contribution is 2.46. The molecule has 1 saturated heterocycles. The van der Waals surface area contributed by atoms with E-state index in [2.05, 4.69) is 0 Å². The summed E-state index contributed by atoms with van der Waals surface area (Å²) in [6.07, 6.45) is -4.59. The first-order chi connectivity index (χ1) is 15.1. The topological polar surface area (TPSA) is 53.0 Å². The van der Waals surface area contributed by atoms with Gasteiger partial charge in [0.25, 0.3) is 0 Å². The molecule has 0 unspecified atom stereocenters. The Labute approximate surface area is 181 Å². The van der Waals surface area contributed by atoms with Gasteiger partial charge in [0, 0.05) is 43.7 Å². The summed E-state index contributed by atoms with van der Waals surface area (Å²) in [4.78, 5) is 15.6. The summed E-state index contributed by atoms with van der Waals surface area (Å²) in [6.45, 7) is 3.15. The number of ether oxygens (including phenoxy) is 1. The molecule has 0 spiro atoms. The lowest BCUT2D eigenvalue weighted by molar-refractivity contribution is -0.137. The highest BCUT2D eigenvalue weighted by molar-refractivity contribution is 5.77. The van der Waals surface area contributed by atoms with Crippen molar-refractivity contribution in [1.29, 1.82) is 0 Å². The Balaban J connectivity index is 1.75. The fraction of sp³-hybridized carbons (Fsp3) is 0.409. The maximum atomic E-state index is 15.4. The third-order valence-electron chi connectivity index (χ3n) is 5.90. The van der Waals surface area contributed by atoms with Gasteiger partial charge in [0.05, 0.1) is 17.2 Å². The molecule has 0 aliphatic carbocycles. The number of alkyl halides is 3. The SMILES string of the molecule is CCC(=O)N1CCN2Cc3cc(F)c(-c4c(O)cccc4C(F)(F)F)c(F)c3OC[C@H]2C1. The number of piperazine rings is 1. The lowest BCUT2D eigenvalue weighted by atomic mass is 9.95. The van der Waals surface area contributed by atoms with Crippen LogP contribution < -0.4 is 4.74 Å². The molecule has 5 nitrogen and oxygen atoms in total. The first kappa shape index (κ1) is 22.3. The van der Waals surface area contributed by atoms with Crippen molar-refractivity contribution in [3.8, 4) is 22.6 Å². The Morgan fingerprint density at radius 3 is 2.66 bits per heavy atom. The molecule has 1 amide bonds. The second-order valence-corrected chi connectivity index (χ2v) is 7.86. The highest BCUT2D eigenvalue weighted by atomic mass is 19.4. The van der Waals surface area contributed by atoms with Crippen LogP contribution in [0.4, 0.5) is 22.0 Å². The van der Waals surface area contributed by atoms with E-state index >= 15 is 4.39 Å². The molecule has 2 aliphatic rings. The average molecular weight is 456 g/mol. The van der Waals surface area contributed by atoms with Crippen LogP contribution in [-0.4, -0.2) is 53.1 Å². The average Bonchev–Trinajstić information content (AvgIpc) is 2.92. The molecule has 1 atom stereocenters. The number of rotatable bonds is 2. The normalized spacial score (nSPS) is 19.1. The number of nitrogens with zero attached hydrogens (tertiary/aromatic N) is 2. The van der Waals surface area contributed by atoms with Crippen LogP contribution in [-0.2, 0) is 17.5 Å². The fourth-order valence-electron chi connectivity index (χ4n) is 4.30. The monoisotopic (exact) mass is 456 g/mol. The van der Waals surface area contributed by atoms with Crippen LogP contribution >= 0.6 is 0 Å².